The summed E-state index contributed by atoms with van der Waals surface area (Å²) in [5, 5.41) is 9.89. The number of allylic oxidation sites excluding steroid dienone is 1. The maximum atomic E-state index is 10.6. The van der Waals surface area contributed by atoms with Crippen LogP contribution in [0.2, 0.25) is 0 Å². The first-order chi connectivity index (χ1) is 7.83. The normalized spacial score (nSPS) is 50.5. The van der Waals surface area contributed by atoms with Gasteiger partial charge in [0.15, 0.2) is 0 Å². The Morgan fingerprint density at radius 3 is 2.82 bits per heavy atom. The maximum Gasteiger partial charge on any atom is 0.295 e. The summed E-state index contributed by atoms with van der Waals surface area (Å²) in [5.41, 5.74) is 6.91. The Morgan fingerprint density at radius 1 is 1.59 bits per heavy atom. The average molecular weight is 238 g/mol. The van der Waals surface area contributed by atoms with Gasteiger partial charge < -0.3 is 10.6 Å². The summed E-state index contributed by atoms with van der Waals surface area (Å²) in [7, 11) is 0. The third-order valence-electron chi connectivity index (χ3n) is 4.93. The van der Waals surface area contributed by atoms with Crippen molar-refractivity contribution >= 4 is 0 Å². The zero-order valence-electron chi connectivity index (χ0n) is 10.2. The second-order valence-corrected chi connectivity index (χ2v) is 6.53. The van der Waals surface area contributed by atoms with E-state index in [1.807, 2.05) is 6.08 Å². The molecule has 5 heteroatoms. The molecule has 0 radical (unpaired) electrons. The molecule has 3 rings (SSSR count). The highest BCUT2D eigenvalue weighted by molar-refractivity contribution is 5.40. The molecule has 0 heterocycles. The van der Waals surface area contributed by atoms with E-state index in [1.165, 1.54) is 5.57 Å². The van der Waals surface area contributed by atoms with E-state index in [2.05, 4.69) is 6.92 Å². The monoisotopic (exact) mass is 238 g/mol. The first-order valence-corrected chi connectivity index (χ1v) is 6.08. The number of hydrogen-bond acceptors (Lipinski definition) is 4. The average Bonchev–Trinajstić information content (AvgIpc) is 2.11. The van der Waals surface area contributed by atoms with E-state index in [0.717, 1.165) is 12.8 Å². The molecule has 0 aromatic rings. The molecule has 3 aliphatic carbocycles. The lowest BCUT2D eigenvalue weighted by Crippen LogP contribution is -2.69. The van der Waals surface area contributed by atoms with Crippen LogP contribution in [0.5, 0.6) is 0 Å². The molecule has 4 atom stereocenters. The van der Waals surface area contributed by atoms with Crippen molar-refractivity contribution in [1.29, 1.82) is 0 Å². The summed E-state index contributed by atoms with van der Waals surface area (Å²) in [4.78, 5) is 15.5. The van der Waals surface area contributed by atoms with Gasteiger partial charge in [-0.2, -0.15) is 0 Å². The second kappa shape index (κ2) is 2.83. The van der Waals surface area contributed by atoms with Crippen LogP contribution < -0.4 is 5.73 Å². The SMILES string of the molecule is CC1(O[N+](=O)[O-])C=C2CC3(C)CC(CN)(C1)C23. The number of hydrogen-bond donors (Lipinski definition) is 1. The molecule has 0 spiro atoms. The lowest BCUT2D eigenvalue weighted by Gasteiger charge is -2.73. The molecule has 0 saturated heterocycles. The molecule has 3 aliphatic rings. The van der Waals surface area contributed by atoms with Gasteiger partial charge in [-0.25, -0.2) is 0 Å². The van der Waals surface area contributed by atoms with Crippen molar-refractivity contribution in [2.75, 3.05) is 6.54 Å². The summed E-state index contributed by atoms with van der Waals surface area (Å²) >= 11 is 0. The number of nitrogens with two attached hydrogens (primary N) is 1. The Bertz CT molecular complexity index is 435. The lowest BCUT2D eigenvalue weighted by atomic mass is 9.32. The molecule has 2 saturated carbocycles. The quantitative estimate of drug-likeness (QED) is 0.460. The van der Waals surface area contributed by atoms with Gasteiger partial charge in [0.1, 0.15) is 5.60 Å². The first kappa shape index (κ1) is 11.0. The minimum absolute atomic E-state index is 0.0435. The molecular weight excluding hydrogens is 220 g/mol. The fourth-order valence-electron chi connectivity index (χ4n) is 4.99. The van der Waals surface area contributed by atoms with Crippen LogP contribution in [-0.2, 0) is 4.84 Å². The molecule has 2 N–H and O–H groups in total. The highest BCUT2D eigenvalue weighted by Crippen LogP contribution is 2.76. The van der Waals surface area contributed by atoms with Crippen molar-refractivity contribution in [3.63, 3.8) is 0 Å². The van der Waals surface area contributed by atoms with Crippen molar-refractivity contribution in [3.05, 3.63) is 21.8 Å². The van der Waals surface area contributed by atoms with E-state index in [1.54, 1.807) is 6.92 Å². The van der Waals surface area contributed by atoms with Crippen LogP contribution >= 0.6 is 0 Å². The van der Waals surface area contributed by atoms with Crippen LogP contribution in [-0.4, -0.2) is 17.2 Å². The van der Waals surface area contributed by atoms with Gasteiger partial charge in [0.05, 0.1) is 0 Å². The summed E-state index contributed by atoms with van der Waals surface area (Å²) in [6.45, 7) is 4.69. The Hall–Kier alpha value is -1.10. The van der Waals surface area contributed by atoms with Crippen molar-refractivity contribution < 1.29 is 9.92 Å². The molecule has 17 heavy (non-hydrogen) atoms. The lowest BCUT2D eigenvalue weighted by molar-refractivity contribution is -0.778. The third kappa shape index (κ3) is 1.23. The Morgan fingerprint density at radius 2 is 2.29 bits per heavy atom. The van der Waals surface area contributed by atoms with Crippen LogP contribution in [0.3, 0.4) is 0 Å². The van der Waals surface area contributed by atoms with Gasteiger partial charge in [0, 0.05) is 0 Å². The minimum atomic E-state index is -0.781. The fourth-order valence-corrected chi connectivity index (χ4v) is 4.99. The second-order valence-electron chi connectivity index (χ2n) is 6.53. The van der Waals surface area contributed by atoms with Crippen LogP contribution in [0.15, 0.2) is 11.6 Å². The molecule has 0 aromatic carbocycles. The van der Waals surface area contributed by atoms with Gasteiger partial charge in [0.2, 0.25) is 0 Å². The first-order valence-electron chi connectivity index (χ1n) is 6.08. The molecule has 0 amide bonds. The number of rotatable bonds is 3. The van der Waals surface area contributed by atoms with Gasteiger partial charge in [-0.05, 0) is 49.5 Å². The maximum absolute atomic E-state index is 10.6. The molecule has 94 valence electrons. The summed E-state index contributed by atoms with van der Waals surface area (Å²) < 4.78 is 0. The van der Waals surface area contributed by atoms with Crippen molar-refractivity contribution in [2.24, 2.45) is 22.5 Å². The smallest absolute Gasteiger partial charge is 0.295 e. The van der Waals surface area contributed by atoms with Gasteiger partial charge >= 0.3 is 0 Å². The molecular formula is C12H18N2O3. The van der Waals surface area contributed by atoms with E-state index in [0.29, 0.717) is 24.3 Å². The van der Waals surface area contributed by atoms with Gasteiger partial charge in [-0.15, -0.1) is 10.1 Å². The highest BCUT2D eigenvalue weighted by Gasteiger charge is 2.70. The fraction of sp³-hybridized carbons (Fsp3) is 0.833. The van der Waals surface area contributed by atoms with Crippen LogP contribution in [0.4, 0.5) is 0 Å². The topological polar surface area (TPSA) is 78.4 Å². The highest BCUT2D eigenvalue weighted by atomic mass is 17.0. The largest absolute Gasteiger partial charge is 0.330 e. The van der Waals surface area contributed by atoms with Crippen molar-refractivity contribution in [3.8, 4) is 0 Å². The van der Waals surface area contributed by atoms with E-state index in [-0.39, 0.29) is 5.41 Å². The van der Waals surface area contributed by atoms with E-state index in [4.69, 9.17) is 10.6 Å². The number of nitrogens with zero attached hydrogens (tertiary/aromatic N) is 1. The van der Waals surface area contributed by atoms with Crippen molar-refractivity contribution in [1.82, 2.24) is 0 Å². The summed E-state index contributed by atoms with van der Waals surface area (Å²) in [5.74, 6) is 0.545. The Kier molecular flexibility index (Phi) is 1.83. The molecule has 5 nitrogen and oxygen atoms in total. The predicted octanol–water partition coefficient (Wildman–Crippen LogP) is 1.66. The summed E-state index contributed by atoms with van der Waals surface area (Å²) in [6, 6.07) is 0. The predicted molar refractivity (Wildman–Crippen MR) is 61.5 cm³/mol. The van der Waals surface area contributed by atoms with Crippen LogP contribution in [0.25, 0.3) is 0 Å². The van der Waals surface area contributed by atoms with Gasteiger partial charge in [-0.1, -0.05) is 18.6 Å². The van der Waals surface area contributed by atoms with E-state index >= 15 is 0 Å². The molecule has 0 aromatic heterocycles. The van der Waals surface area contributed by atoms with Crippen LogP contribution in [0, 0.1) is 26.9 Å². The Labute approximate surface area is 100 Å². The standard InChI is InChI=1S/C12H18N2O3/c1-10-3-8-4-11(2,17-14(15)16)6-12(5-10,7-13)9(8)10/h4,9H,3,5-7,13H2,1-2H3. The van der Waals surface area contributed by atoms with Gasteiger partial charge in [0.25, 0.3) is 5.09 Å². The molecule has 2 fully saturated rings. The molecule has 4 unspecified atom stereocenters. The molecule has 0 bridgehead atoms. The van der Waals surface area contributed by atoms with Crippen molar-refractivity contribution in [2.45, 2.75) is 38.7 Å². The van der Waals surface area contributed by atoms with E-state index < -0.39 is 10.7 Å². The minimum Gasteiger partial charge on any atom is -0.330 e. The van der Waals surface area contributed by atoms with Crippen LogP contribution in [0.1, 0.15) is 33.1 Å². The zero-order valence-corrected chi connectivity index (χ0v) is 10.2. The Balaban J connectivity index is 1.94. The summed E-state index contributed by atoms with van der Waals surface area (Å²) in [6.07, 6.45) is 4.77. The third-order valence-corrected chi connectivity index (χ3v) is 4.93. The molecule has 0 aliphatic heterocycles. The van der Waals surface area contributed by atoms with Gasteiger partial charge in [-0.3, -0.25) is 0 Å². The zero-order chi connectivity index (χ0) is 12.5. The van der Waals surface area contributed by atoms with E-state index in [9.17, 15) is 10.1 Å².